The van der Waals surface area contributed by atoms with Crippen molar-refractivity contribution in [2.75, 3.05) is 6.61 Å². The number of carbonyl (C=O) groups excluding carboxylic acids is 1. The van der Waals surface area contributed by atoms with Crippen LogP contribution in [0.5, 0.6) is 5.75 Å². The summed E-state index contributed by atoms with van der Waals surface area (Å²) in [6.07, 6.45) is 1.39. The Bertz CT molecular complexity index is 407. The van der Waals surface area contributed by atoms with E-state index in [4.69, 9.17) is 9.84 Å². The molecular weight excluding hydrogens is 254 g/mol. The second-order valence-corrected chi connectivity index (χ2v) is 5.20. The molecule has 0 fully saturated rings. The van der Waals surface area contributed by atoms with Crippen LogP contribution in [0.4, 0.5) is 0 Å². The molecule has 20 heavy (non-hydrogen) atoms. The van der Waals surface area contributed by atoms with E-state index in [1.807, 2.05) is 51.1 Å². The molecule has 1 aromatic rings. The Hall–Kier alpha value is -1.55. The topological polar surface area (TPSA) is 58.6 Å². The normalized spacial score (nSPS) is 15.2. The number of ether oxygens (including phenoxy) is 1. The van der Waals surface area contributed by atoms with Crippen molar-refractivity contribution >= 4 is 5.91 Å². The molecule has 2 unspecified atom stereocenters. The smallest absolute Gasteiger partial charge is 0.261 e. The predicted octanol–water partition coefficient (Wildman–Crippen LogP) is 2.51. The van der Waals surface area contributed by atoms with Gasteiger partial charge in [-0.05, 0) is 38.3 Å². The van der Waals surface area contributed by atoms with Crippen LogP contribution >= 0.6 is 0 Å². The molecule has 2 atom stereocenters. The lowest BCUT2D eigenvalue weighted by molar-refractivity contribution is -0.130. The molecule has 0 bridgehead atoms. The van der Waals surface area contributed by atoms with Crippen molar-refractivity contribution in [3.05, 3.63) is 30.3 Å². The van der Waals surface area contributed by atoms with Gasteiger partial charge in [0.15, 0.2) is 6.10 Å². The van der Waals surface area contributed by atoms with Crippen LogP contribution in [0, 0.1) is 0 Å². The first-order chi connectivity index (χ1) is 9.54. The molecular formula is C16H25NO3. The van der Waals surface area contributed by atoms with Crippen LogP contribution < -0.4 is 10.1 Å². The summed E-state index contributed by atoms with van der Waals surface area (Å²) in [5.74, 6) is 0.559. The van der Waals surface area contributed by atoms with Gasteiger partial charge in [0, 0.05) is 12.1 Å². The zero-order valence-electron chi connectivity index (χ0n) is 12.6. The van der Waals surface area contributed by atoms with E-state index in [1.165, 1.54) is 0 Å². The lowest BCUT2D eigenvalue weighted by Gasteiger charge is -2.31. The summed E-state index contributed by atoms with van der Waals surface area (Å²) in [4.78, 5) is 12.3. The van der Waals surface area contributed by atoms with Crippen LogP contribution in [0.15, 0.2) is 30.3 Å². The summed E-state index contributed by atoms with van der Waals surface area (Å²) in [5.41, 5.74) is -0.390. The van der Waals surface area contributed by atoms with Crippen LogP contribution in [-0.2, 0) is 4.79 Å². The summed E-state index contributed by atoms with van der Waals surface area (Å²) >= 11 is 0. The third kappa shape index (κ3) is 4.85. The summed E-state index contributed by atoms with van der Waals surface area (Å²) in [6.45, 7) is 5.91. The van der Waals surface area contributed by atoms with Crippen LogP contribution in [0.25, 0.3) is 0 Å². The summed E-state index contributed by atoms with van der Waals surface area (Å²) in [5, 5.41) is 12.1. The first kappa shape index (κ1) is 16.5. The highest BCUT2D eigenvalue weighted by Gasteiger charge is 2.28. The molecule has 4 heteroatoms. The van der Waals surface area contributed by atoms with Crippen molar-refractivity contribution < 1.29 is 14.6 Å². The number of amides is 1. The number of carbonyl (C=O) groups is 1. The highest BCUT2D eigenvalue weighted by Crippen LogP contribution is 2.17. The molecule has 4 nitrogen and oxygen atoms in total. The van der Waals surface area contributed by atoms with E-state index in [2.05, 4.69) is 5.32 Å². The number of rotatable bonds is 8. The molecule has 0 heterocycles. The molecule has 1 rings (SSSR count). The largest absolute Gasteiger partial charge is 0.481 e. The van der Waals surface area contributed by atoms with Gasteiger partial charge in [0.25, 0.3) is 5.91 Å². The first-order valence-corrected chi connectivity index (χ1v) is 7.19. The van der Waals surface area contributed by atoms with E-state index in [-0.39, 0.29) is 18.1 Å². The standard InChI is InChI=1S/C16H25NO3/c1-4-14(20-13-9-7-6-8-10-13)15(19)17-16(3,5-2)11-12-18/h6-10,14,18H,4-5,11-12H2,1-3H3,(H,17,19). The van der Waals surface area contributed by atoms with E-state index < -0.39 is 6.10 Å². The third-order valence-electron chi connectivity index (χ3n) is 3.55. The monoisotopic (exact) mass is 279 g/mol. The molecule has 2 N–H and O–H groups in total. The Morgan fingerprint density at radius 1 is 1.35 bits per heavy atom. The van der Waals surface area contributed by atoms with E-state index >= 15 is 0 Å². The first-order valence-electron chi connectivity index (χ1n) is 7.19. The molecule has 1 amide bonds. The minimum absolute atomic E-state index is 0.0565. The SMILES string of the molecule is CCC(Oc1ccccc1)C(=O)NC(C)(CC)CCO. The predicted molar refractivity (Wildman–Crippen MR) is 79.7 cm³/mol. The summed E-state index contributed by atoms with van der Waals surface area (Å²) < 4.78 is 5.72. The van der Waals surface area contributed by atoms with Crippen LogP contribution in [-0.4, -0.2) is 29.3 Å². The summed E-state index contributed by atoms with van der Waals surface area (Å²) in [7, 11) is 0. The summed E-state index contributed by atoms with van der Waals surface area (Å²) in [6, 6.07) is 9.33. The van der Waals surface area contributed by atoms with Gasteiger partial charge in [-0.15, -0.1) is 0 Å². The second kappa shape index (κ2) is 7.90. The molecule has 0 radical (unpaired) electrons. The molecule has 0 saturated carbocycles. The number of hydrogen-bond acceptors (Lipinski definition) is 3. The highest BCUT2D eigenvalue weighted by atomic mass is 16.5. The van der Waals surface area contributed by atoms with Gasteiger partial charge in [-0.2, -0.15) is 0 Å². The van der Waals surface area contributed by atoms with Gasteiger partial charge in [0.2, 0.25) is 0 Å². The number of aliphatic hydroxyl groups is 1. The quantitative estimate of drug-likeness (QED) is 0.768. The fourth-order valence-electron chi connectivity index (χ4n) is 1.94. The number of nitrogens with one attached hydrogen (secondary N) is 1. The molecule has 0 saturated heterocycles. The molecule has 0 aromatic heterocycles. The maximum absolute atomic E-state index is 12.3. The average molecular weight is 279 g/mol. The van der Waals surface area contributed by atoms with E-state index in [9.17, 15) is 4.79 Å². The van der Waals surface area contributed by atoms with Gasteiger partial charge >= 0.3 is 0 Å². The van der Waals surface area contributed by atoms with Crippen LogP contribution in [0.3, 0.4) is 0 Å². The molecule has 0 aliphatic rings. The maximum atomic E-state index is 12.3. The highest BCUT2D eigenvalue weighted by molar-refractivity contribution is 5.81. The second-order valence-electron chi connectivity index (χ2n) is 5.20. The molecule has 1 aromatic carbocycles. The molecule has 0 aliphatic heterocycles. The van der Waals surface area contributed by atoms with Gasteiger partial charge in [-0.1, -0.05) is 32.0 Å². The Morgan fingerprint density at radius 2 is 2.00 bits per heavy atom. The minimum atomic E-state index is -0.512. The van der Waals surface area contributed by atoms with Gasteiger partial charge < -0.3 is 15.2 Å². The average Bonchev–Trinajstić information content (AvgIpc) is 2.46. The van der Waals surface area contributed by atoms with Gasteiger partial charge in [-0.3, -0.25) is 4.79 Å². The lowest BCUT2D eigenvalue weighted by atomic mass is 9.94. The molecule has 0 spiro atoms. The minimum Gasteiger partial charge on any atom is -0.481 e. The Balaban J connectivity index is 2.67. The molecule has 112 valence electrons. The van der Waals surface area contributed by atoms with E-state index in [0.29, 0.717) is 18.6 Å². The van der Waals surface area contributed by atoms with Gasteiger partial charge in [0.1, 0.15) is 5.75 Å². The third-order valence-corrected chi connectivity index (χ3v) is 3.55. The van der Waals surface area contributed by atoms with Crippen LogP contribution in [0.2, 0.25) is 0 Å². The van der Waals surface area contributed by atoms with Crippen molar-refractivity contribution in [1.29, 1.82) is 0 Å². The van der Waals surface area contributed by atoms with Crippen molar-refractivity contribution in [2.24, 2.45) is 0 Å². The van der Waals surface area contributed by atoms with Gasteiger partial charge in [-0.25, -0.2) is 0 Å². The Morgan fingerprint density at radius 3 is 2.50 bits per heavy atom. The molecule has 0 aliphatic carbocycles. The van der Waals surface area contributed by atoms with E-state index in [1.54, 1.807) is 0 Å². The number of hydrogen-bond donors (Lipinski definition) is 2. The van der Waals surface area contributed by atoms with Crippen molar-refractivity contribution in [1.82, 2.24) is 5.32 Å². The fourth-order valence-corrected chi connectivity index (χ4v) is 1.94. The zero-order valence-corrected chi connectivity index (χ0v) is 12.6. The Kier molecular flexibility index (Phi) is 6.52. The Labute approximate surface area is 121 Å². The van der Waals surface area contributed by atoms with Crippen molar-refractivity contribution in [3.63, 3.8) is 0 Å². The number of benzene rings is 1. The zero-order chi connectivity index (χ0) is 15.0. The fraction of sp³-hybridized carbons (Fsp3) is 0.562. The van der Waals surface area contributed by atoms with E-state index in [0.717, 1.165) is 6.42 Å². The van der Waals surface area contributed by atoms with Crippen molar-refractivity contribution in [2.45, 2.75) is 51.7 Å². The van der Waals surface area contributed by atoms with Crippen LogP contribution in [0.1, 0.15) is 40.0 Å². The number of para-hydroxylation sites is 1. The lowest BCUT2D eigenvalue weighted by Crippen LogP contribution is -2.51. The maximum Gasteiger partial charge on any atom is 0.261 e. The van der Waals surface area contributed by atoms with Crippen molar-refractivity contribution in [3.8, 4) is 5.75 Å². The number of aliphatic hydroxyl groups excluding tert-OH is 1. The van der Waals surface area contributed by atoms with Gasteiger partial charge in [0.05, 0.1) is 0 Å².